The van der Waals surface area contributed by atoms with Crippen LogP contribution in [0.2, 0.25) is 0 Å². The number of benzene rings is 2. The van der Waals surface area contributed by atoms with Crippen LogP contribution in [0.15, 0.2) is 42.5 Å². The molecule has 0 N–H and O–H groups in total. The quantitative estimate of drug-likeness (QED) is 0.786. The summed E-state index contributed by atoms with van der Waals surface area (Å²) in [5.41, 5.74) is 3.28. The Kier molecular flexibility index (Phi) is 4.65. The van der Waals surface area contributed by atoms with E-state index in [0.29, 0.717) is 6.61 Å². The van der Waals surface area contributed by atoms with Crippen molar-refractivity contribution in [3.05, 3.63) is 59.2 Å². The molecule has 0 unspecified atom stereocenters. The van der Waals surface area contributed by atoms with Crippen molar-refractivity contribution in [1.82, 2.24) is 0 Å². The molecule has 2 aromatic carbocycles. The van der Waals surface area contributed by atoms with Crippen LogP contribution in [-0.4, -0.2) is 24.6 Å². The molecule has 4 heteroatoms. The van der Waals surface area contributed by atoms with E-state index in [1.807, 2.05) is 44.2 Å². The molecule has 27 heavy (non-hydrogen) atoms. The first-order valence-corrected chi connectivity index (χ1v) is 9.66. The van der Waals surface area contributed by atoms with Gasteiger partial charge in [-0.2, -0.15) is 0 Å². The summed E-state index contributed by atoms with van der Waals surface area (Å²) in [7, 11) is 1.72. The number of rotatable bonds is 4. The third-order valence-electron chi connectivity index (χ3n) is 5.73. The molecule has 1 fully saturated rings. The zero-order valence-corrected chi connectivity index (χ0v) is 16.6. The van der Waals surface area contributed by atoms with Crippen LogP contribution >= 0.6 is 0 Å². The average molecular weight is 368 g/mol. The van der Waals surface area contributed by atoms with Crippen LogP contribution in [0.4, 0.5) is 0 Å². The minimum atomic E-state index is -0.550. The summed E-state index contributed by atoms with van der Waals surface area (Å²) < 4.78 is 24.3. The largest absolute Gasteiger partial charge is 0.496 e. The van der Waals surface area contributed by atoms with Gasteiger partial charge in [-0.25, -0.2) is 0 Å². The first-order valence-electron chi connectivity index (χ1n) is 9.66. The number of hydrogen-bond donors (Lipinski definition) is 0. The van der Waals surface area contributed by atoms with Gasteiger partial charge in [-0.3, -0.25) is 0 Å². The molecule has 4 nitrogen and oxygen atoms in total. The normalized spacial score (nSPS) is 26.0. The first kappa shape index (κ1) is 18.3. The van der Waals surface area contributed by atoms with Gasteiger partial charge in [-0.1, -0.05) is 30.3 Å². The summed E-state index contributed by atoms with van der Waals surface area (Å²) >= 11 is 0. The van der Waals surface area contributed by atoms with Crippen molar-refractivity contribution >= 4 is 0 Å². The Bertz CT molecular complexity index is 815. The molecular formula is C23H28O4. The average Bonchev–Trinajstić information content (AvgIpc) is 2.88. The monoisotopic (exact) mass is 368 g/mol. The lowest BCUT2D eigenvalue weighted by molar-refractivity contribution is -0.164. The highest BCUT2D eigenvalue weighted by molar-refractivity contribution is 5.51. The Morgan fingerprint density at radius 3 is 2.44 bits per heavy atom. The summed E-state index contributed by atoms with van der Waals surface area (Å²) in [6.07, 6.45) is 2.62. The van der Waals surface area contributed by atoms with Gasteiger partial charge in [0.05, 0.1) is 13.2 Å². The fourth-order valence-corrected chi connectivity index (χ4v) is 4.47. The molecule has 2 aromatic rings. The highest BCUT2D eigenvalue weighted by atomic mass is 16.8. The van der Waals surface area contributed by atoms with E-state index in [4.69, 9.17) is 18.9 Å². The van der Waals surface area contributed by atoms with Crippen molar-refractivity contribution in [3.8, 4) is 11.5 Å². The van der Waals surface area contributed by atoms with E-state index in [-0.39, 0.29) is 11.7 Å². The third-order valence-corrected chi connectivity index (χ3v) is 5.73. The lowest BCUT2D eigenvalue weighted by Gasteiger charge is -2.37. The predicted octanol–water partition coefficient (Wildman–Crippen LogP) is 4.67. The molecule has 2 aliphatic rings. The van der Waals surface area contributed by atoms with Crippen molar-refractivity contribution in [2.45, 2.75) is 64.1 Å². The van der Waals surface area contributed by atoms with Crippen molar-refractivity contribution in [3.63, 3.8) is 0 Å². The van der Waals surface area contributed by atoms with Crippen LogP contribution in [0.1, 0.15) is 43.9 Å². The molecule has 2 atom stereocenters. The van der Waals surface area contributed by atoms with Crippen molar-refractivity contribution in [1.29, 1.82) is 0 Å². The number of hydrogen-bond acceptors (Lipinski definition) is 4. The molecule has 1 aliphatic carbocycles. The lowest BCUT2D eigenvalue weighted by Crippen LogP contribution is -2.44. The minimum absolute atomic E-state index is 0.0410. The van der Waals surface area contributed by atoms with E-state index in [1.54, 1.807) is 7.11 Å². The molecule has 1 heterocycles. The van der Waals surface area contributed by atoms with E-state index >= 15 is 0 Å². The summed E-state index contributed by atoms with van der Waals surface area (Å²) in [6.45, 7) is 6.66. The van der Waals surface area contributed by atoms with Gasteiger partial charge in [-0.05, 0) is 51.3 Å². The van der Waals surface area contributed by atoms with Crippen LogP contribution in [0, 0.1) is 0 Å². The molecule has 1 saturated heterocycles. The van der Waals surface area contributed by atoms with Gasteiger partial charge in [-0.15, -0.1) is 0 Å². The van der Waals surface area contributed by atoms with Crippen molar-refractivity contribution in [2.75, 3.05) is 7.11 Å². The van der Waals surface area contributed by atoms with Gasteiger partial charge < -0.3 is 18.9 Å². The van der Waals surface area contributed by atoms with Crippen molar-refractivity contribution < 1.29 is 18.9 Å². The number of ether oxygens (including phenoxy) is 4. The highest BCUT2D eigenvalue weighted by Crippen LogP contribution is 2.48. The minimum Gasteiger partial charge on any atom is -0.496 e. The van der Waals surface area contributed by atoms with Gasteiger partial charge in [0.2, 0.25) is 0 Å². The van der Waals surface area contributed by atoms with Gasteiger partial charge in [0, 0.05) is 17.5 Å². The highest BCUT2D eigenvalue weighted by Gasteiger charge is 2.53. The second-order valence-corrected chi connectivity index (χ2v) is 8.00. The van der Waals surface area contributed by atoms with Gasteiger partial charge in [0.25, 0.3) is 0 Å². The fraction of sp³-hybridized carbons (Fsp3) is 0.478. The smallest absolute Gasteiger partial charge is 0.164 e. The van der Waals surface area contributed by atoms with Crippen LogP contribution in [0.5, 0.6) is 11.5 Å². The molecule has 0 bridgehead atoms. The molecule has 144 valence electrons. The first-order chi connectivity index (χ1) is 12.9. The Hall–Kier alpha value is -2.04. The van der Waals surface area contributed by atoms with Gasteiger partial charge in [0.15, 0.2) is 5.79 Å². The molecule has 0 saturated carbocycles. The molecular weight excluding hydrogens is 340 g/mol. The maximum atomic E-state index is 6.40. The molecule has 0 radical (unpaired) electrons. The zero-order chi connectivity index (χ0) is 19.1. The summed E-state index contributed by atoms with van der Waals surface area (Å²) in [4.78, 5) is 0. The lowest BCUT2D eigenvalue weighted by atomic mass is 9.77. The van der Waals surface area contributed by atoms with E-state index in [9.17, 15) is 0 Å². The molecule has 1 spiro atoms. The second-order valence-electron chi connectivity index (χ2n) is 8.00. The predicted molar refractivity (Wildman–Crippen MR) is 104 cm³/mol. The van der Waals surface area contributed by atoms with Crippen LogP contribution in [0.3, 0.4) is 0 Å². The van der Waals surface area contributed by atoms with E-state index in [1.165, 1.54) is 11.1 Å². The van der Waals surface area contributed by atoms with Crippen LogP contribution in [0.25, 0.3) is 0 Å². The number of methoxy groups -OCH3 is 1. The van der Waals surface area contributed by atoms with E-state index in [0.717, 1.165) is 36.3 Å². The van der Waals surface area contributed by atoms with Gasteiger partial charge in [0.1, 0.15) is 23.7 Å². The SMILES string of the molecule is COc1ccc(OCc2ccccc2)c2c1C[C@@]1(CC2)OC(C)(C)O[C@H]1C. The van der Waals surface area contributed by atoms with Crippen LogP contribution < -0.4 is 9.47 Å². The molecule has 0 aromatic heterocycles. The maximum absolute atomic E-state index is 6.40. The number of fused-ring (bicyclic) bond motifs is 1. The third kappa shape index (κ3) is 3.44. The zero-order valence-electron chi connectivity index (χ0n) is 16.6. The van der Waals surface area contributed by atoms with Crippen LogP contribution in [-0.2, 0) is 28.9 Å². The van der Waals surface area contributed by atoms with Crippen molar-refractivity contribution in [2.24, 2.45) is 0 Å². The van der Waals surface area contributed by atoms with E-state index in [2.05, 4.69) is 19.1 Å². The molecule has 0 amide bonds. The Labute approximate surface area is 161 Å². The Morgan fingerprint density at radius 1 is 1.04 bits per heavy atom. The second kappa shape index (κ2) is 6.84. The fourth-order valence-electron chi connectivity index (χ4n) is 4.47. The molecule has 4 rings (SSSR count). The molecule has 1 aliphatic heterocycles. The Balaban J connectivity index is 1.63. The summed E-state index contributed by atoms with van der Waals surface area (Å²) in [6, 6.07) is 14.3. The summed E-state index contributed by atoms with van der Waals surface area (Å²) in [5.74, 6) is 1.29. The summed E-state index contributed by atoms with van der Waals surface area (Å²) in [5, 5.41) is 0. The van der Waals surface area contributed by atoms with Gasteiger partial charge >= 0.3 is 0 Å². The Morgan fingerprint density at radius 2 is 1.78 bits per heavy atom. The van der Waals surface area contributed by atoms with E-state index < -0.39 is 5.79 Å². The maximum Gasteiger partial charge on any atom is 0.164 e. The standard InChI is InChI=1S/C23H28O4/c1-16-23(27-22(2,3)26-16)13-12-18-19(14-23)20(24-4)10-11-21(18)25-15-17-8-6-5-7-9-17/h5-11,16H,12-15H2,1-4H3/t16-,23+/m0/s1. The topological polar surface area (TPSA) is 36.9 Å².